The van der Waals surface area contributed by atoms with Crippen LogP contribution < -0.4 is 4.74 Å². The molecule has 138 valence electrons. The first-order valence-electron chi connectivity index (χ1n) is 8.77. The van der Waals surface area contributed by atoms with Crippen molar-refractivity contribution in [1.82, 2.24) is 9.80 Å². The second-order valence-corrected chi connectivity index (χ2v) is 9.06. The SMILES string of the molecule is CCCN1CCN(C(=O)c2cccc(C)c2OC)[C@H]2CS(=O)(=O)C[C@H]21. The van der Waals surface area contributed by atoms with Crippen molar-refractivity contribution in [2.75, 3.05) is 38.2 Å². The van der Waals surface area contributed by atoms with Gasteiger partial charge in [-0.05, 0) is 31.5 Å². The fourth-order valence-electron chi connectivity index (χ4n) is 4.09. The van der Waals surface area contributed by atoms with Crippen LogP contribution in [0.4, 0.5) is 0 Å². The van der Waals surface area contributed by atoms with Gasteiger partial charge in [0.15, 0.2) is 9.84 Å². The number of methoxy groups -OCH3 is 1. The molecule has 0 radical (unpaired) electrons. The molecule has 3 rings (SSSR count). The normalized spacial score (nSPS) is 25.6. The average molecular weight is 366 g/mol. The molecule has 1 amide bonds. The van der Waals surface area contributed by atoms with Gasteiger partial charge in [-0.2, -0.15) is 0 Å². The van der Waals surface area contributed by atoms with E-state index >= 15 is 0 Å². The summed E-state index contributed by atoms with van der Waals surface area (Å²) >= 11 is 0. The molecule has 0 aromatic heterocycles. The van der Waals surface area contributed by atoms with Crippen molar-refractivity contribution in [2.24, 2.45) is 0 Å². The molecule has 2 aliphatic heterocycles. The standard InChI is InChI=1S/C18H26N2O4S/c1-4-8-19-9-10-20(16-12-25(22,23)11-15(16)19)18(21)14-7-5-6-13(2)17(14)24-3/h5-7,15-16H,4,8-12H2,1-3H3/t15-,16+/m1/s1. The predicted molar refractivity (Wildman–Crippen MR) is 96.9 cm³/mol. The maximum absolute atomic E-state index is 13.2. The highest BCUT2D eigenvalue weighted by molar-refractivity contribution is 7.91. The van der Waals surface area contributed by atoms with E-state index in [1.807, 2.05) is 19.1 Å². The molecule has 0 aliphatic carbocycles. The molecule has 2 aliphatic rings. The molecule has 1 aromatic rings. The zero-order valence-electron chi connectivity index (χ0n) is 15.1. The summed E-state index contributed by atoms with van der Waals surface area (Å²) in [6.45, 7) is 6.12. The third-order valence-electron chi connectivity index (χ3n) is 5.21. The number of rotatable bonds is 4. The van der Waals surface area contributed by atoms with Crippen molar-refractivity contribution >= 4 is 15.7 Å². The lowest BCUT2D eigenvalue weighted by Crippen LogP contribution is -2.60. The number of fused-ring (bicyclic) bond motifs is 1. The van der Waals surface area contributed by atoms with Gasteiger partial charge < -0.3 is 9.64 Å². The first-order chi connectivity index (χ1) is 11.9. The quantitative estimate of drug-likeness (QED) is 0.804. The lowest BCUT2D eigenvalue weighted by atomic mass is 10.0. The Balaban J connectivity index is 1.93. The Hall–Kier alpha value is -1.60. The van der Waals surface area contributed by atoms with Crippen molar-refractivity contribution in [1.29, 1.82) is 0 Å². The van der Waals surface area contributed by atoms with Gasteiger partial charge in [0.25, 0.3) is 5.91 Å². The number of sulfone groups is 1. The van der Waals surface area contributed by atoms with E-state index in [0.717, 1.165) is 18.5 Å². The van der Waals surface area contributed by atoms with E-state index in [9.17, 15) is 13.2 Å². The van der Waals surface area contributed by atoms with E-state index in [0.29, 0.717) is 24.4 Å². The fourth-order valence-corrected chi connectivity index (χ4v) is 6.10. The summed E-state index contributed by atoms with van der Waals surface area (Å²) in [6, 6.07) is 5.12. The van der Waals surface area contributed by atoms with Crippen molar-refractivity contribution < 1.29 is 17.9 Å². The average Bonchev–Trinajstić information content (AvgIpc) is 2.90. The molecule has 0 N–H and O–H groups in total. The van der Waals surface area contributed by atoms with Crippen LogP contribution in [0, 0.1) is 6.92 Å². The number of aryl methyl sites for hydroxylation is 1. The lowest BCUT2D eigenvalue weighted by Gasteiger charge is -2.44. The Morgan fingerprint density at radius 1 is 1.24 bits per heavy atom. The number of hydrogen-bond donors (Lipinski definition) is 0. The van der Waals surface area contributed by atoms with Crippen molar-refractivity contribution in [2.45, 2.75) is 32.4 Å². The number of carbonyl (C=O) groups excluding carboxylic acids is 1. The number of carbonyl (C=O) groups is 1. The summed E-state index contributed by atoms with van der Waals surface area (Å²) in [5.74, 6) is 0.633. The molecule has 0 unspecified atom stereocenters. The minimum atomic E-state index is -3.12. The Morgan fingerprint density at radius 3 is 2.64 bits per heavy atom. The number of nitrogens with zero attached hydrogens (tertiary/aromatic N) is 2. The van der Waals surface area contributed by atoms with Crippen molar-refractivity contribution in [3.63, 3.8) is 0 Å². The van der Waals surface area contributed by atoms with Crippen LogP contribution in [0.3, 0.4) is 0 Å². The molecule has 6 nitrogen and oxygen atoms in total. The number of para-hydroxylation sites is 1. The van der Waals surface area contributed by atoms with Crippen LogP contribution in [-0.2, 0) is 9.84 Å². The molecule has 7 heteroatoms. The minimum absolute atomic E-state index is 0.0533. The Morgan fingerprint density at radius 2 is 1.96 bits per heavy atom. The fraction of sp³-hybridized carbons (Fsp3) is 0.611. The number of benzene rings is 1. The molecule has 0 bridgehead atoms. The van der Waals surface area contributed by atoms with Crippen molar-refractivity contribution in [3.8, 4) is 5.75 Å². The Labute approximate surface area is 149 Å². The van der Waals surface area contributed by atoms with Gasteiger partial charge in [0.05, 0.1) is 30.2 Å². The predicted octanol–water partition coefficient (Wildman–Crippen LogP) is 1.34. The van der Waals surface area contributed by atoms with Crippen LogP contribution in [0.2, 0.25) is 0 Å². The van der Waals surface area contributed by atoms with Gasteiger partial charge in [-0.15, -0.1) is 0 Å². The van der Waals surface area contributed by atoms with E-state index in [1.165, 1.54) is 0 Å². The zero-order chi connectivity index (χ0) is 18.2. The van der Waals surface area contributed by atoms with Crippen LogP contribution >= 0.6 is 0 Å². The van der Waals surface area contributed by atoms with Gasteiger partial charge in [-0.3, -0.25) is 9.69 Å². The van der Waals surface area contributed by atoms with E-state index in [2.05, 4.69) is 11.8 Å². The van der Waals surface area contributed by atoms with Gasteiger partial charge in [0.2, 0.25) is 0 Å². The third kappa shape index (κ3) is 3.40. The third-order valence-corrected chi connectivity index (χ3v) is 6.91. The van der Waals surface area contributed by atoms with E-state index in [1.54, 1.807) is 18.1 Å². The second-order valence-electron chi connectivity index (χ2n) is 6.90. The molecule has 2 heterocycles. The molecule has 2 fully saturated rings. The number of ether oxygens (including phenoxy) is 1. The molecule has 2 saturated heterocycles. The Bertz CT molecular complexity index is 762. The highest BCUT2D eigenvalue weighted by Gasteiger charge is 2.48. The second kappa shape index (κ2) is 6.96. The van der Waals surface area contributed by atoms with Gasteiger partial charge in [-0.1, -0.05) is 19.1 Å². The highest BCUT2D eigenvalue weighted by Crippen LogP contribution is 2.31. The van der Waals surface area contributed by atoms with Crippen LogP contribution in [0.15, 0.2) is 18.2 Å². The highest BCUT2D eigenvalue weighted by atomic mass is 32.2. The first-order valence-corrected chi connectivity index (χ1v) is 10.6. The van der Waals surface area contributed by atoms with Crippen LogP contribution in [0.5, 0.6) is 5.75 Å². The smallest absolute Gasteiger partial charge is 0.258 e. The molecule has 0 saturated carbocycles. The van der Waals surface area contributed by atoms with Gasteiger partial charge in [0, 0.05) is 19.1 Å². The van der Waals surface area contributed by atoms with Crippen LogP contribution in [0.25, 0.3) is 0 Å². The summed E-state index contributed by atoms with van der Waals surface area (Å²) in [7, 11) is -1.56. The number of hydrogen-bond acceptors (Lipinski definition) is 5. The molecule has 1 aromatic carbocycles. The maximum Gasteiger partial charge on any atom is 0.258 e. The maximum atomic E-state index is 13.2. The molecular weight excluding hydrogens is 340 g/mol. The largest absolute Gasteiger partial charge is 0.496 e. The molecule has 25 heavy (non-hydrogen) atoms. The van der Waals surface area contributed by atoms with Gasteiger partial charge >= 0.3 is 0 Å². The van der Waals surface area contributed by atoms with E-state index in [-0.39, 0.29) is 29.5 Å². The van der Waals surface area contributed by atoms with Crippen molar-refractivity contribution in [3.05, 3.63) is 29.3 Å². The van der Waals surface area contributed by atoms with Crippen LogP contribution in [-0.4, -0.2) is 74.5 Å². The molecular formula is C18H26N2O4S. The topological polar surface area (TPSA) is 66.9 Å². The number of amides is 1. The first kappa shape index (κ1) is 18.2. The lowest BCUT2D eigenvalue weighted by molar-refractivity contribution is 0.0330. The summed E-state index contributed by atoms with van der Waals surface area (Å²) in [6.07, 6.45) is 0.975. The van der Waals surface area contributed by atoms with E-state index in [4.69, 9.17) is 4.74 Å². The Kier molecular flexibility index (Phi) is 5.06. The summed E-state index contributed by atoms with van der Waals surface area (Å²) < 4.78 is 29.9. The summed E-state index contributed by atoms with van der Waals surface area (Å²) in [5, 5.41) is 0. The van der Waals surface area contributed by atoms with Crippen LogP contribution in [0.1, 0.15) is 29.3 Å². The van der Waals surface area contributed by atoms with Gasteiger partial charge in [0.1, 0.15) is 5.75 Å². The monoisotopic (exact) mass is 366 g/mol. The zero-order valence-corrected chi connectivity index (χ0v) is 15.9. The van der Waals surface area contributed by atoms with Gasteiger partial charge in [-0.25, -0.2) is 8.42 Å². The summed E-state index contributed by atoms with van der Waals surface area (Å²) in [5.41, 5.74) is 1.41. The summed E-state index contributed by atoms with van der Waals surface area (Å²) in [4.78, 5) is 17.2. The van der Waals surface area contributed by atoms with E-state index < -0.39 is 9.84 Å². The minimum Gasteiger partial charge on any atom is -0.496 e. The molecule has 0 spiro atoms. The molecule has 2 atom stereocenters. The number of piperazine rings is 1.